The van der Waals surface area contributed by atoms with E-state index in [1.165, 1.54) is 12.1 Å². The zero-order chi connectivity index (χ0) is 14.1. The van der Waals surface area contributed by atoms with Crippen LogP contribution in [-0.4, -0.2) is 15.2 Å². The fourth-order valence-electron chi connectivity index (χ4n) is 1.85. The Balaban J connectivity index is 1.97. The second kappa shape index (κ2) is 4.77. The molecular formula is C15H11FN2O2. The zero-order valence-corrected chi connectivity index (χ0v) is 10.7. The summed E-state index contributed by atoms with van der Waals surface area (Å²) < 4.78 is 18.1. The highest BCUT2D eigenvalue weighted by molar-refractivity contribution is 5.61. The molecule has 0 saturated heterocycles. The van der Waals surface area contributed by atoms with E-state index >= 15 is 0 Å². The van der Waals surface area contributed by atoms with Crippen molar-refractivity contribution in [3.8, 4) is 28.6 Å². The zero-order valence-electron chi connectivity index (χ0n) is 10.7. The molecular weight excluding hydrogens is 259 g/mol. The van der Waals surface area contributed by atoms with Gasteiger partial charge >= 0.3 is 0 Å². The molecule has 0 bridgehead atoms. The maximum absolute atomic E-state index is 12.9. The molecule has 3 aromatic rings. The molecule has 4 nitrogen and oxygen atoms in total. The Bertz CT molecular complexity index is 751. The van der Waals surface area contributed by atoms with Gasteiger partial charge in [0, 0.05) is 11.1 Å². The summed E-state index contributed by atoms with van der Waals surface area (Å²) in [6.07, 6.45) is 0. The van der Waals surface area contributed by atoms with E-state index in [9.17, 15) is 9.50 Å². The first-order valence-corrected chi connectivity index (χ1v) is 6.03. The Kier molecular flexibility index (Phi) is 2.95. The van der Waals surface area contributed by atoms with E-state index < -0.39 is 0 Å². The molecule has 20 heavy (non-hydrogen) atoms. The lowest BCUT2D eigenvalue weighted by Crippen LogP contribution is -1.83. The van der Waals surface area contributed by atoms with Gasteiger partial charge in [0.1, 0.15) is 11.6 Å². The molecule has 0 spiro atoms. The van der Waals surface area contributed by atoms with Crippen LogP contribution in [0.3, 0.4) is 0 Å². The largest absolute Gasteiger partial charge is 0.508 e. The first kappa shape index (κ1) is 12.3. The number of phenolic OH excluding ortho intramolecular Hbond substituents is 1. The van der Waals surface area contributed by atoms with E-state index in [1.54, 1.807) is 37.3 Å². The van der Waals surface area contributed by atoms with Gasteiger partial charge in [0.15, 0.2) is 0 Å². The third-order valence-corrected chi connectivity index (χ3v) is 2.97. The molecule has 0 unspecified atom stereocenters. The number of phenols is 1. The Morgan fingerprint density at radius 2 is 1.75 bits per heavy atom. The van der Waals surface area contributed by atoms with Crippen molar-refractivity contribution in [1.82, 2.24) is 10.1 Å². The molecule has 2 aromatic carbocycles. The van der Waals surface area contributed by atoms with Crippen LogP contribution >= 0.6 is 0 Å². The van der Waals surface area contributed by atoms with Crippen molar-refractivity contribution in [3.05, 3.63) is 53.8 Å². The van der Waals surface area contributed by atoms with Crippen LogP contribution in [0.15, 0.2) is 47.0 Å². The van der Waals surface area contributed by atoms with Gasteiger partial charge < -0.3 is 9.63 Å². The van der Waals surface area contributed by atoms with Gasteiger partial charge in [-0.05, 0) is 55.0 Å². The number of aromatic nitrogens is 2. The number of rotatable bonds is 2. The van der Waals surface area contributed by atoms with Crippen molar-refractivity contribution < 1.29 is 14.0 Å². The average Bonchev–Trinajstić information content (AvgIpc) is 2.92. The normalized spacial score (nSPS) is 10.7. The highest BCUT2D eigenvalue weighted by Gasteiger charge is 2.11. The molecule has 0 atom stereocenters. The van der Waals surface area contributed by atoms with E-state index in [2.05, 4.69) is 10.1 Å². The van der Waals surface area contributed by atoms with Crippen LogP contribution in [0.4, 0.5) is 4.39 Å². The summed E-state index contributed by atoms with van der Waals surface area (Å²) in [4.78, 5) is 4.27. The summed E-state index contributed by atoms with van der Waals surface area (Å²) in [7, 11) is 0. The summed E-state index contributed by atoms with van der Waals surface area (Å²) in [5.74, 6) is 0.650. The van der Waals surface area contributed by atoms with Gasteiger partial charge in [-0.25, -0.2) is 4.39 Å². The van der Waals surface area contributed by atoms with Gasteiger partial charge in [0.2, 0.25) is 5.82 Å². The molecule has 0 radical (unpaired) electrons. The number of nitrogens with zero attached hydrogens (tertiary/aromatic N) is 2. The van der Waals surface area contributed by atoms with Crippen molar-refractivity contribution in [1.29, 1.82) is 0 Å². The van der Waals surface area contributed by atoms with Gasteiger partial charge in [-0.1, -0.05) is 5.16 Å². The third kappa shape index (κ3) is 2.25. The van der Waals surface area contributed by atoms with Gasteiger partial charge in [-0.3, -0.25) is 0 Å². The van der Waals surface area contributed by atoms with Crippen molar-refractivity contribution in [3.63, 3.8) is 0 Å². The second-order valence-corrected chi connectivity index (χ2v) is 4.43. The molecule has 0 aliphatic heterocycles. The predicted octanol–water partition coefficient (Wildman–Crippen LogP) is 3.56. The molecule has 5 heteroatoms. The predicted molar refractivity (Wildman–Crippen MR) is 71.5 cm³/mol. The van der Waals surface area contributed by atoms with E-state index in [4.69, 9.17) is 4.52 Å². The summed E-state index contributed by atoms with van der Waals surface area (Å²) in [5.41, 5.74) is 2.13. The average molecular weight is 270 g/mol. The lowest BCUT2D eigenvalue weighted by molar-refractivity contribution is 0.432. The molecule has 0 saturated carbocycles. The Morgan fingerprint density at radius 1 is 1.05 bits per heavy atom. The fourth-order valence-corrected chi connectivity index (χ4v) is 1.85. The van der Waals surface area contributed by atoms with Crippen LogP contribution in [0.2, 0.25) is 0 Å². The molecule has 0 aliphatic rings. The van der Waals surface area contributed by atoms with Gasteiger partial charge in [-0.15, -0.1) is 0 Å². The molecule has 1 heterocycles. The summed E-state index contributed by atoms with van der Waals surface area (Å²) in [5, 5.41) is 13.4. The molecule has 1 aromatic heterocycles. The van der Waals surface area contributed by atoms with Crippen LogP contribution < -0.4 is 0 Å². The molecule has 0 aliphatic carbocycles. The number of hydrogen-bond donors (Lipinski definition) is 1. The first-order chi connectivity index (χ1) is 9.63. The lowest BCUT2D eigenvalue weighted by Gasteiger charge is -1.99. The topological polar surface area (TPSA) is 59.2 Å². The van der Waals surface area contributed by atoms with Gasteiger partial charge in [0.25, 0.3) is 5.89 Å². The smallest absolute Gasteiger partial charge is 0.258 e. The van der Waals surface area contributed by atoms with E-state index in [-0.39, 0.29) is 11.6 Å². The Labute approximate surface area is 114 Å². The molecule has 0 fully saturated rings. The third-order valence-electron chi connectivity index (χ3n) is 2.97. The highest BCUT2D eigenvalue weighted by atomic mass is 19.1. The molecule has 1 N–H and O–H groups in total. The number of aryl methyl sites for hydroxylation is 1. The monoisotopic (exact) mass is 270 g/mol. The molecule has 0 amide bonds. The summed E-state index contributed by atoms with van der Waals surface area (Å²) in [6.45, 7) is 1.79. The highest BCUT2D eigenvalue weighted by Crippen LogP contribution is 2.26. The SMILES string of the molecule is Cc1cc(-c2nc(-c3ccc(F)cc3)no2)ccc1O. The number of halogens is 1. The quantitative estimate of drug-likeness (QED) is 0.773. The van der Waals surface area contributed by atoms with Gasteiger partial charge in [-0.2, -0.15) is 4.98 Å². The minimum atomic E-state index is -0.313. The maximum Gasteiger partial charge on any atom is 0.258 e. The van der Waals surface area contributed by atoms with Crippen LogP contribution in [0, 0.1) is 12.7 Å². The van der Waals surface area contributed by atoms with Crippen LogP contribution in [-0.2, 0) is 0 Å². The van der Waals surface area contributed by atoms with Crippen molar-refractivity contribution >= 4 is 0 Å². The lowest BCUT2D eigenvalue weighted by atomic mass is 10.1. The van der Waals surface area contributed by atoms with Crippen LogP contribution in [0.1, 0.15) is 5.56 Å². The first-order valence-electron chi connectivity index (χ1n) is 6.03. The van der Waals surface area contributed by atoms with E-state index in [0.717, 1.165) is 11.1 Å². The van der Waals surface area contributed by atoms with Crippen LogP contribution in [0.25, 0.3) is 22.8 Å². The minimum absolute atomic E-state index is 0.215. The van der Waals surface area contributed by atoms with Crippen molar-refractivity contribution in [2.24, 2.45) is 0 Å². The standard InChI is InChI=1S/C15H11FN2O2/c1-9-8-11(4-7-13(9)19)15-17-14(18-20-15)10-2-5-12(16)6-3-10/h2-8,19H,1H3. The molecule has 3 rings (SSSR count). The maximum atomic E-state index is 12.9. The second-order valence-electron chi connectivity index (χ2n) is 4.43. The minimum Gasteiger partial charge on any atom is -0.508 e. The fraction of sp³-hybridized carbons (Fsp3) is 0.0667. The number of hydrogen-bond acceptors (Lipinski definition) is 4. The van der Waals surface area contributed by atoms with Crippen LogP contribution in [0.5, 0.6) is 5.75 Å². The van der Waals surface area contributed by atoms with E-state index in [1.807, 2.05) is 0 Å². The number of aromatic hydroxyl groups is 1. The van der Waals surface area contributed by atoms with Crippen molar-refractivity contribution in [2.45, 2.75) is 6.92 Å². The summed E-state index contributed by atoms with van der Waals surface area (Å²) >= 11 is 0. The van der Waals surface area contributed by atoms with Crippen molar-refractivity contribution in [2.75, 3.05) is 0 Å². The van der Waals surface area contributed by atoms with Gasteiger partial charge in [0.05, 0.1) is 0 Å². The molecule has 100 valence electrons. The Hall–Kier alpha value is -2.69. The van der Waals surface area contributed by atoms with E-state index in [0.29, 0.717) is 17.3 Å². The summed E-state index contributed by atoms with van der Waals surface area (Å²) in [6, 6.07) is 10.9. The Morgan fingerprint density at radius 3 is 2.45 bits per heavy atom. The number of benzene rings is 2.